The SMILES string of the molecule is C[C@H](NC(=O)NC1CCS(=O)(=O)CC1)C(=O)O. The van der Waals surface area contributed by atoms with Crippen LogP contribution in [0.1, 0.15) is 19.8 Å². The molecule has 0 unspecified atom stereocenters. The van der Waals surface area contributed by atoms with E-state index in [1.165, 1.54) is 6.92 Å². The predicted molar refractivity (Wildman–Crippen MR) is 60.4 cm³/mol. The summed E-state index contributed by atoms with van der Waals surface area (Å²) >= 11 is 0. The second-order valence-electron chi connectivity index (χ2n) is 4.10. The minimum Gasteiger partial charge on any atom is -0.480 e. The lowest BCUT2D eigenvalue weighted by Crippen LogP contribution is -2.49. The van der Waals surface area contributed by atoms with E-state index in [1.54, 1.807) is 0 Å². The number of nitrogens with one attached hydrogen (secondary N) is 2. The molecule has 1 atom stereocenters. The molecule has 1 heterocycles. The molecule has 0 saturated carbocycles. The van der Waals surface area contributed by atoms with Crippen LogP contribution < -0.4 is 10.6 Å². The van der Waals surface area contributed by atoms with Gasteiger partial charge in [-0.15, -0.1) is 0 Å². The van der Waals surface area contributed by atoms with Gasteiger partial charge in [0.05, 0.1) is 11.5 Å². The van der Waals surface area contributed by atoms with Gasteiger partial charge in [-0.3, -0.25) is 4.79 Å². The Bertz CT molecular complexity index is 392. The van der Waals surface area contributed by atoms with Gasteiger partial charge in [-0.25, -0.2) is 13.2 Å². The number of aliphatic carboxylic acids is 1. The summed E-state index contributed by atoms with van der Waals surface area (Å²) < 4.78 is 22.3. The fraction of sp³-hybridized carbons (Fsp3) is 0.778. The summed E-state index contributed by atoms with van der Waals surface area (Å²) in [5, 5.41) is 13.4. The van der Waals surface area contributed by atoms with Crippen molar-refractivity contribution in [2.75, 3.05) is 11.5 Å². The van der Waals surface area contributed by atoms with Crippen LogP contribution in [0, 0.1) is 0 Å². The molecule has 3 N–H and O–H groups in total. The number of carboxylic acids is 1. The lowest BCUT2D eigenvalue weighted by atomic mass is 10.1. The van der Waals surface area contributed by atoms with E-state index >= 15 is 0 Å². The lowest BCUT2D eigenvalue weighted by Gasteiger charge is -2.23. The van der Waals surface area contributed by atoms with Gasteiger partial charge >= 0.3 is 12.0 Å². The first-order valence-corrected chi connectivity index (χ1v) is 7.12. The Kier molecular flexibility index (Phi) is 4.33. The first-order chi connectivity index (χ1) is 7.80. The van der Waals surface area contributed by atoms with Crippen molar-refractivity contribution in [3.8, 4) is 0 Å². The summed E-state index contributed by atoms with van der Waals surface area (Å²) in [5.74, 6) is -0.995. The van der Waals surface area contributed by atoms with Crippen LogP contribution in [-0.4, -0.2) is 49.1 Å². The van der Waals surface area contributed by atoms with Crippen molar-refractivity contribution in [3.63, 3.8) is 0 Å². The van der Waals surface area contributed by atoms with Crippen LogP contribution in [0.25, 0.3) is 0 Å². The molecular weight excluding hydrogens is 248 g/mol. The average molecular weight is 264 g/mol. The van der Waals surface area contributed by atoms with Crippen LogP contribution in [0.4, 0.5) is 4.79 Å². The molecule has 0 aromatic rings. The zero-order valence-corrected chi connectivity index (χ0v) is 10.3. The van der Waals surface area contributed by atoms with Gasteiger partial charge in [0.15, 0.2) is 0 Å². The minimum absolute atomic E-state index is 0.0619. The Balaban J connectivity index is 2.36. The predicted octanol–water partition coefficient (Wildman–Crippen LogP) is -0.664. The lowest BCUT2D eigenvalue weighted by molar-refractivity contribution is -0.138. The number of carbonyl (C=O) groups is 2. The van der Waals surface area contributed by atoms with Gasteiger partial charge in [0.1, 0.15) is 15.9 Å². The highest BCUT2D eigenvalue weighted by Gasteiger charge is 2.25. The molecule has 0 radical (unpaired) electrons. The second-order valence-corrected chi connectivity index (χ2v) is 6.41. The molecule has 1 aliphatic rings. The molecule has 0 bridgehead atoms. The van der Waals surface area contributed by atoms with Crippen molar-refractivity contribution < 1.29 is 23.1 Å². The first kappa shape index (κ1) is 13.8. The number of amides is 2. The number of carbonyl (C=O) groups excluding carboxylic acids is 1. The quantitative estimate of drug-likeness (QED) is 0.626. The van der Waals surface area contributed by atoms with Crippen LogP contribution in [0.15, 0.2) is 0 Å². The number of carboxylic acid groups (broad SMARTS) is 1. The van der Waals surface area contributed by atoms with Crippen molar-refractivity contribution in [1.82, 2.24) is 10.6 Å². The molecular formula is C9H16N2O5S. The Morgan fingerprint density at radius 3 is 2.29 bits per heavy atom. The monoisotopic (exact) mass is 264 g/mol. The molecule has 0 aromatic carbocycles. The minimum atomic E-state index is -2.95. The van der Waals surface area contributed by atoms with Crippen molar-refractivity contribution >= 4 is 21.8 Å². The van der Waals surface area contributed by atoms with E-state index in [2.05, 4.69) is 10.6 Å². The molecule has 1 rings (SSSR count). The van der Waals surface area contributed by atoms with Gasteiger partial charge < -0.3 is 15.7 Å². The highest BCUT2D eigenvalue weighted by molar-refractivity contribution is 7.91. The van der Waals surface area contributed by atoms with Crippen LogP contribution in [0.3, 0.4) is 0 Å². The smallest absolute Gasteiger partial charge is 0.325 e. The number of sulfone groups is 1. The van der Waals surface area contributed by atoms with Gasteiger partial charge in [-0.05, 0) is 19.8 Å². The summed E-state index contributed by atoms with van der Waals surface area (Å²) in [6, 6.07) is -1.76. The summed E-state index contributed by atoms with van der Waals surface area (Å²) in [6.07, 6.45) is 0.744. The fourth-order valence-corrected chi connectivity index (χ4v) is 3.01. The third-order valence-electron chi connectivity index (χ3n) is 2.61. The van der Waals surface area contributed by atoms with Crippen LogP contribution in [0.5, 0.6) is 0 Å². The Labute approximate surface area is 99.5 Å². The molecule has 1 fully saturated rings. The van der Waals surface area contributed by atoms with E-state index in [0.717, 1.165) is 0 Å². The van der Waals surface area contributed by atoms with Crippen molar-refractivity contribution in [3.05, 3.63) is 0 Å². The molecule has 0 aliphatic carbocycles. The largest absolute Gasteiger partial charge is 0.480 e. The number of hydrogen-bond donors (Lipinski definition) is 3. The maximum Gasteiger partial charge on any atom is 0.325 e. The van der Waals surface area contributed by atoms with Gasteiger partial charge in [0.2, 0.25) is 0 Å². The maximum atomic E-state index is 11.4. The van der Waals surface area contributed by atoms with Gasteiger partial charge in [-0.2, -0.15) is 0 Å². The van der Waals surface area contributed by atoms with E-state index in [4.69, 9.17) is 5.11 Å². The van der Waals surface area contributed by atoms with Crippen LogP contribution >= 0.6 is 0 Å². The summed E-state index contributed by atoms with van der Waals surface area (Å²) in [5.41, 5.74) is 0. The third kappa shape index (κ3) is 4.59. The Morgan fingerprint density at radius 1 is 1.29 bits per heavy atom. The van der Waals surface area contributed by atoms with Gasteiger partial charge in [0, 0.05) is 6.04 Å². The van der Waals surface area contributed by atoms with E-state index in [9.17, 15) is 18.0 Å². The first-order valence-electron chi connectivity index (χ1n) is 5.30. The number of rotatable bonds is 3. The fourth-order valence-electron chi connectivity index (χ4n) is 1.52. The van der Waals surface area contributed by atoms with Gasteiger partial charge in [-0.1, -0.05) is 0 Å². The third-order valence-corrected chi connectivity index (χ3v) is 4.32. The zero-order chi connectivity index (χ0) is 13.1. The van der Waals surface area contributed by atoms with Gasteiger partial charge in [0.25, 0.3) is 0 Å². The molecule has 0 aromatic heterocycles. The summed E-state index contributed by atoms with van der Waals surface area (Å²) in [4.78, 5) is 21.8. The topological polar surface area (TPSA) is 113 Å². The standard InChI is InChI=1S/C9H16N2O5S/c1-6(8(12)13)10-9(14)11-7-2-4-17(15,16)5-3-7/h6-7H,2-5H2,1H3,(H,12,13)(H2,10,11,14)/t6-/m0/s1. The molecule has 1 aliphatic heterocycles. The molecule has 0 spiro atoms. The zero-order valence-electron chi connectivity index (χ0n) is 9.47. The highest BCUT2D eigenvalue weighted by Crippen LogP contribution is 2.11. The van der Waals surface area contributed by atoms with E-state index < -0.39 is 27.9 Å². The Hall–Kier alpha value is -1.31. The number of hydrogen-bond acceptors (Lipinski definition) is 4. The van der Waals surface area contributed by atoms with E-state index in [1.807, 2.05) is 0 Å². The summed E-state index contributed by atoms with van der Waals surface area (Å²) in [6.45, 7) is 1.35. The van der Waals surface area contributed by atoms with Crippen molar-refractivity contribution in [2.45, 2.75) is 31.8 Å². The van der Waals surface area contributed by atoms with E-state index in [0.29, 0.717) is 12.8 Å². The second kappa shape index (κ2) is 5.35. The normalized spacial score (nSPS) is 21.5. The van der Waals surface area contributed by atoms with Crippen LogP contribution in [-0.2, 0) is 14.6 Å². The molecule has 98 valence electrons. The summed E-state index contributed by atoms with van der Waals surface area (Å²) in [7, 11) is -2.95. The van der Waals surface area contributed by atoms with Crippen molar-refractivity contribution in [2.24, 2.45) is 0 Å². The molecule has 7 nitrogen and oxygen atoms in total. The van der Waals surface area contributed by atoms with E-state index in [-0.39, 0.29) is 17.5 Å². The average Bonchev–Trinajstić information content (AvgIpc) is 2.21. The maximum absolute atomic E-state index is 11.4. The molecule has 1 saturated heterocycles. The van der Waals surface area contributed by atoms with Crippen LogP contribution in [0.2, 0.25) is 0 Å². The van der Waals surface area contributed by atoms with Crippen molar-refractivity contribution in [1.29, 1.82) is 0 Å². The Morgan fingerprint density at radius 2 is 1.82 bits per heavy atom. The molecule has 8 heteroatoms. The number of urea groups is 1. The molecule has 2 amide bonds. The molecule has 17 heavy (non-hydrogen) atoms. The highest BCUT2D eigenvalue weighted by atomic mass is 32.2.